The summed E-state index contributed by atoms with van der Waals surface area (Å²) in [4.78, 5) is 0. The summed E-state index contributed by atoms with van der Waals surface area (Å²) in [5, 5.41) is 3.21. The molecule has 0 bridgehead atoms. The van der Waals surface area contributed by atoms with Crippen LogP contribution in [0.1, 0.15) is 6.42 Å². The van der Waals surface area contributed by atoms with Crippen LogP contribution < -0.4 is 14.8 Å². The highest BCUT2D eigenvalue weighted by molar-refractivity contribution is 5.39. The molecule has 104 valence electrons. The molecule has 0 radical (unpaired) electrons. The number of hydrogen-bond acceptors (Lipinski definition) is 4. The maximum atomic E-state index is 5.53. The number of benzene rings is 1. The minimum Gasteiger partial charge on any atom is -0.493 e. The lowest BCUT2D eigenvalue weighted by molar-refractivity contribution is 0.194. The molecule has 0 fully saturated rings. The molecule has 0 aliphatic rings. The average Bonchev–Trinajstić information content (AvgIpc) is 2.46. The minimum atomic E-state index is 0.361. The molecule has 1 N–H and O–H groups in total. The van der Waals surface area contributed by atoms with Gasteiger partial charge in [0.1, 0.15) is 6.61 Å². The summed E-state index contributed by atoms with van der Waals surface area (Å²) in [5.41, 5.74) is 0. The fourth-order valence-corrected chi connectivity index (χ4v) is 1.46. The van der Waals surface area contributed by atoms with Crippen LogP contribution in [0.15, 0.2) is 24.3 Å². The molecule has 0 aliphatic heterocycles. The number of para-hydroxylation sites is 2. The Labute approximate surface area is 115 Å². The summed E-state index contributed by atoms with van der Waals surface area (Å²) in [6.07, 6.45) is 0.996. The lowest BCUT2D eigenvalue weighted by atomic mass is 10.3. The summed E-state index contributed by atoms with van der Waals surface area (Å²) >= 11 is 0. The topological polar surface area (TPSA) is 39.7 Å². The Kier molecular flexibility index (Phi) is 8.28. The first-order valence-electron chi connectivity index (χ1n) is 6.29. The second-order valence-corrected chi connectivity index (χ2v) is 3.82. The van der Waals surface area contributed by atoms with Gasteiger partial charge in [0, 0.05) is 13.7 Å². The third kappa shape index (κ3) is 6.70. The SMILES string of the molecule is COCCCNCC#CCOc1ccccc1OC. The zero-order chi connectivity index (χ0) is 13.8. The van der Waals surface area contributed by atoms with E-state index in [2.05, 4.69) is 17.2 Å². The van der Waals surface area contributed by atoms with Gasteiger partial charge in [-0.05, 0) is 25.1 Å². The smallest absolute Gasteiger partial charge is 0.162 e. The Bertz CT molecular complexity index is 409. The first-order valence-corrected chi connectivity index (χ1v) is 6.29. The van der Waals surface area contributed by atoms with Crippen molar-refractivity contribution in [1.29, 1.82) is 0 Å². The van der Waals surface area contributed by atoms with Crippen molar-refractivity contribution in [2.75, 3.05) is 40.5 Å². The van der Waals surface area contributed by atoms with Gasteiger partial charge in [-0.2, -0.15) is 0 Å². The number of ether oxygens (including phenoxy) is 3. The van der Waals surface area contributed by atoms with Gasteiger partial charge < -0.3 is 19.5 Å². The zero-order valence-corrected chi connectivity index (χ0v) is 11.6. The van der Waals surface area contributed by atoms with Gasteiger partial charge in [0.2, 0.25) is 0 Å². The molecule has 1 aromatic carbocycles. The van der Waals surface area contributed by atoms with E-state index in [0.29, 0.717) is 18.9 Å². The molecule has 0 atom stereocenters. The fraction of sp³-hybridized carbons (Fsp3) is 0.467. The largest absolute Gasteiger partial charge is 0.493 e. The quantitative estimate of drug-likeness (QED) is 0.572. The van der Waals surface area contributed by atoms with E-state index in [0.717, 1.165) is 25.3 Å². The molecular formula is C15H21NO3. The van der Waals surface area contributed by atoms with Crippen molar-refractivity contribution in [2.24, 2.45) is 0 Å². The van der Waals surface area contributed by atoms with Crippen LogP contribution >= 0.6 is 0 Å². The Morgan fingerprint density at radius 2 is 1.89 bits per heavy atom. The first-order chi connectivity index (χ1) is 9.38. The predicted molar refractivity (Wildman–Crippen MR) is 75.6 cm³/mol. The summed E-state index contributed by atoms with van der Waals surface area (Å²) in [6, 6.07) is 7.54. The van der Waals surface area contributed by atoms with Gasteiger partial charge in [0.05, 0.1) is 13.7 Å². The first kappa shape index (κ1) is 15.4. The van der Waals surface area contributed by atoms with Crippen LogP contribution in [0, 0.1) is 11.8 Å². The van der Waals surface area contributed by atoms with Crippen LogP contribution in [-0.4, -0.2) is 40.5 Å². The van der Waals surface area contributed by atoms with Crippen molar-refractivity contribution < 1.29 is 14.2 Å². The Morgan fingerprint density at radius 1 is 1.11 bits per heavy atom. The van der Waals surface area contributed by atoms with E-state index >= 15 is 0 Å². The van der Waals surface area contributed by atoms with Gasteiger partial charge in [-0.3, -0.25) is 0 Å². The average molecular weight is 263 g/mol. The van der Waals surface area contributed by atoms with Crippen molar-refractivity contribution in [3.05, 3.63) is 24.3 Å². The highest BCUT2D eigenvalue weighted by Crippen LogP contribution is 2.25. The molecule has 0 heterocycles. The van der Waals surface area contributed by atoms with Crippen LogP contribution in [0.2, 0.25) is 0 Å². The predicted octanol–water partition coefficient (Wildman–Crippen LogP) is 1.70. The molecule has 0 saturated heterocycles. The minimum absolute atomic E-state index is 0.361. The molecule has 19 heavy (non-hydrogen) atoms. The second-order valence-electron chi connectivity index (χ2n) is 3.82. The third-order valence-corrected chi connectivity index (χ3v) is 2.41. The van der Waals surface area contributed by atoms with Gasteiger partial charge in [-0.15, -0.1) is 0 Å². The van der Waals surface area contributed by atoms with Gasteiger partial charge in [-0.25, -0.2) is 0 Å². The van der Waals surface area contributed by atoms with Crippen LogP contribution in [0.3, 0.4) is 0 Å². The molecule has 0 saturated carbocycles. The van der Waals surface area contributed by atoms with E-state index in [1.165, 1.54) is 0 Å². The van der Waals surface area contributed by atoms with E-state index in [4.69, 9.17) is 14.2 Å². The Morgan fingerprint density at radius 3 is 2.63 bits per heavy atom. The van der Waals surface area contributed by atoms with Crippen molar-refractivity contribution in [1.82, 2.24) is 5.32 Å². The summed E-state index contributed by atoms with van der Waals surface area (Å²) in [6.45, 7) is 2.71. The number of nitrogens with one attached hydrogen (secondary N) is 1. The Balaban J connectivity index is 2.16. The van der Waals surface area contributed by atoms with Gasteiger partial charge in [-0.1, -0.05) is 24.0 Å². The maximum Gasteiger partial charge on any atom is 0.162 e. The summed E-state index contributed by atoms with van der Waals surface area (Å²) in [7, 11) is 3.33. The number of rotatable bonds is 8. The standard InChI is InChI=1S/C15H21NO3/c1-17-12-7-11-16-10-5-6-13-19-15-9-4-3-8-14(15)18-2/h3-4,8-9,16H,7,10-13H2,1-2H3. The molecule has 1 aromatic rings. The van der Waals surface area contributed by atoms with Crippen molar-refractivity contribution in [3.8, 4) is 23.3 Å². The number of hydrogen-bond donors (Lipinski definition) is 1. The maximum absolute atomic E-state index is 5.53. The van der Waals surface area contributed by atoms with Crippen LogP contribution in [-0.2, 0) is 4.74 Å². The van der Waals surface area contributed by atoms with Crippen LogP contribution in [0.4, 0.5) is 0 Å². The Hall–Kier alpha value is -1.70. The molecule has 0 aliphatic carbocycles. The molecule has 1 rings (SSSR count). The van der Waals surface area contributed by atoms with E-state index in [1.54, 1.807) is 14.2 Å². The van der Waals surface area contributed by atoms with Gasteiger partial charge in [0.15, 0.2) is 11.5 Å². The van der Waals surface area contributed by atoms with E-state index < -0.39 is 0 Å². The fourth-order valence-electron chi connectivity index (χ4n) is 1.46. The molecule has 4 nitrogen and oxygen atoms in total. The second kappa shape index (κ2) is 10.2. The summed E-state index contributed by atoms with van der Waals surface area (Å²) < 4.78 is 15.7. The monoisotopic (exact) mass is 263 g/mol. The zero-order valence-electron chi connectivity index (χ0n) is 11.6. The molecule has 0 aromatic heterocycles. The van der Waals surface area contributed by atoms with E-state index in [9.17, 15) is 0 Å². The molecule has 0 spiro atoms. The van der Waals surface area contributed by atoms with Crippen molar-refractivity contribution >= 4 is 0 Å². The molecule has 0 unspecified atom stereocenters. The van der Waals surface area contributed by atoms with Crippen LogP contribution in [0.25, 0.3) is 0 Å². The molecule has 0 amide bonds. The van der Waals surface area contributed by atoms with Gasteiger partial charge >= 0.3 is 0 Å². The van der Waals surface area contributed by atoms with E-state index in [-0.39, 0.29) is 0 Å². The van der Waals surface area contributed by atoms with Gasteiger partial charge in [0.25, 0.3) is 0 Å². The molecular weight excluding hydrogens is 242 g/mol. The summed E-state index contributed by atoms with van der Waals surface area (Å²) in [5.74, 6) is 7.40. The van der Waals surface area contributed by atoms with Crippen molar-refractivity contribution in [2.45, 2.75) is 6.42 Å². The van der Waals surface area contributed by atoms with Crippen molar-refractivity contribution in [3.63, 3.8) is 0 Å². The lowest BCUT2D eigenvalue weighted by Gasteiger charge is -2.07. The highest BCUT2D eigenvalue weighted by Gasteiger charge is 2.00. The highest BCUT2D eigenvalue weighted by atomic mass is 16.5. The van der Waals surface area contributed by atoms with E-state index in [1.807, 2.05) is 24.3 Å². The normalized spacial score (nSPS) is 9.58. The lowest BCUT2D eigenvalue weighted by Crippen LogP contribution is -2.16. The number of methoxy groups -OCH3 is 2. The molecule has 4 heteroatoms. The van der Waals surface area contributed by atoms with Crippen LogP contribution in [0.5, 0.6) is 11.5 Å². The third-order valence-electron chi connectivity index (χ3n) is 2.41.